The summed E-state index contributed by atoms with van der Waals surface area (Å²) in [5.41, 5.74) is 0. The van der Waals surface area contributed by atoms with Gasteiger partial charge in [-0.1, -0.05) is 34.1 Å². The van der Waals surface area contributed by atoms with Gasteiger partial charge in [0.25, 0.3) is 5.91 Å². The third kappa shape index (κ3) is 3.55. The van der Waals surface area contributed by atoms with Crippen LogP contribution in [-0.4, -0.2) is 63.9 Å². The molecule has 26 heavy (non-hydrogen) atoms. The molecule has 140 valence electrons. The van der Waals surface area contributed by atoms with Crippen LogP contribution in [0.1, 0.15) is 6.92 Å². The molecule has 2 amide bonds. The Bertz CT molecular complexity index is 714. The lowest BCUT2D eigenvalue weighted by atomic mass is 9.94. The SMILES string of the molecule is COC(=O)C1N2C(=O)C(NC(=O)COc3ccccc3)[C@@H]2SCC1(C)Br. The van der Waals surface area contributed by atoms with Crippen LogP contribution >= 0.6 is 27.7 Å². The van der Waals surface area contributed by atoms with Crippen molar-refractivity contribution in [2.45, 2.75) is 28.7 Å². The molecule has 2 fully saturated rings. The van der Waals surface area contributed by atoms with E-state index in [0.717, 1.165) is 0 Å². The first-order valence-corrected chi connectivity index (χ1v) is 9.87. The van der Waals surface area contributed by atoms with Gasteiger partial charge >= 0.3 is 5.97 Å². The van der Waals surface area contributed by atoms with E-state index in [9.17, 15) is 14.4 Å². The molecule has 7 nitrogen and oxygen atoms in total. The van der Waals surface area contributed by atoms with Gasteiger partial charge in [-0.25, -0.2) is 4.79 Å². The zero-order valence-electron chi connectivity index (χ0n) is 14.3. The zero-order valence-corrected chi connectivity index (χ0v) is 16.7. The molecule has 2 heterocycles. The van der Waals surface area contributed by atoms with Crippen LogP contribution in [0.5, 0.6) is 5.75 Å². The lowest BCUT2D eigenvalue weighted by Gasteiger charge is -2.56. The summed E-state index contributed by atoms with van der Waals surface area (Å²) >= 11 is 5.04. The predicted octanol–water partition coefficient (Wildman–Crippen LogP) is 1.16. The van der Waals surface area contributed by atoms with Crippen LogP contribution in [0, 0.1) is 0 Å². The molecule has 2 aliphatic rings. The quantitative estimate of drug-likeness (QED) is 0.418. The van der Waals surface area contributed by atoms with E-state index in [0.29, 0.717) is 11.5 Å². The number of alkyl halides is 1. The van der Waals surface area contributed by atoms with Crippen molar-refractivity contribution >= 4 is 45.5 Å². The van der Waals surface area contributed by atoms with Gasteiger partial charge in [-0.3, -0.25) is 9.59 Å². The molecular weight excluding hydrogens is 424 g/mol. The molecule has 0 aliphatic carbocycles. The van der Waals surface area contributed by atoms with Crippen molar-refractivity contribution in [1.29, 1.82) is 0 Å². The Morgan fingerprint density at radius 2 is 2.08 bits per heavy atom. The molecular formula is C17H19BrN2O5S. The Balaban J connectivity index is 1.61. The fourth-order valence-corrected chi connectivity index (χ4v) is 5.26. The highest BCUT2D eigenvalue weighted by atomic mass is 79.9. The molecule has 0 saturated carbocycles. The van der Waals surface area contributed by atoms with Crippen molar-refractivity contribution in [3.63, 3.8) is 0 Å². The number of carbonyl (C=O) groups excluding carboxylic acids is 3. The maximum atomic E-state index is 12.6. The maximum absolute atomic E-state index is 12.6. The van der Waals surface area contributed by atoms with Gasteiger partial charge < -0.3 is 19.7 Å². The molecule has 0 spiro atoms. The highest BCUT2D eigenvalue weighted by Crippen LogP contribution is 2.46. The van der Waals surface area contributed by atoms with Crippen LogP contribution in [0.15, 0.2) is 30.3 Å². The number of benzene rings is 1. The number of hydrogen-bond acceptors (Lipinski definition) is 6. The van der Waals surface area contributed by atoms with Crippen LogP contribution in [0.2, 0.25) is 0 Å². The summed E-state index contributed by atoms with van der Waals surface area (Å²) in [5, 5.41) is 2.40. The Labute approximate surface area is 163 Å². The second kappa shape index (κ2) is 7.48. The van der Waals surface area contributed by atoms with E-state index < -0.39 is 22.4 Å². The minimum atomic E-state index is -0.722. The summed E-state index contributed by atoms with van der Waals surface area (Å²) in [6.07, 6.45) is 0. The molecule has 3 rings (SSSR count). The first kappa shape index (κ1) is 19.0. The molecule has 0 aromatic heterocycles. The number of thioether (sulfide) groups is 1. The van der Waals surface area contributed by atoms with Crippen LogP contribution in [0.3, 0.4) is 0 Å². The summed E-state index contributed by atoms with van der Waals surface area (Å²) < 4.78 is 9.66. The minimum absolute atomic E-state index is 0.179. The molecule has 0 bridgehead atoms. The first-order chi connectivity index (χ1) is 12.3. The average Bonchev–Trinajstić information content (AvgIpc) is 2.64. The average molecular weight is 443 g/mol. The molecule has 1 aromatic rings. The number of halogens is 1. The number of β-lactam (4-membered cyclic amide) rings is 1. The van der Waals surface area contributed by atoms with Crippen molar-refractivity contribution in [2.75, 3.05) is 19.5 Å². The maximum Gasteiger partial charge on any atom is 0.330 e. The lowest BCUT2D eigenvalue weighted by molar-refractivity contribution is -0.165. The van der Waals surface area contributed by atoms with E-state index in [4.69, 9.17) is 9.47 Å². The minimum Gasteiger partial charge on any atom is -0.484 e. The number of carbonyl (C=O) groups is 3. The van der Waals surface area contributed by atoms with Gasteiger partial charge in [0, 0.05) is 5.75 Å². The van der Waals surface area contributed by atoms with Crippen LogP contribution in [0.25, 0.3) is 0 Å². The largest absolute Gasteiger partial charge is 0.484 e. The molecule has 4 atom stereocenters. The van der Waals surface area contributed by atoms with Crippen LogP contribution in [0.4, 0.5) is 0 Å². The third-order valence-electron chi connectivity index (χ3n) is 4.32. The van der Waals surface area contributed by atoms with Gasteiger partial charge in [0.1, 0.15) is 23.2 Å². The Kier molecular flexibility index (Phi) is 5.47. The summed E-state index contributed by atoms with van der Waals surface area (Å²) in [6.45, 7) is 1.67. The first-order valence-electron chi connectivity index (χ1n) is 8.03. The number of fused-ring (bicyclic) bond motifs is 1. The second-order valence-corrected chi connectivity index (χ2v) is 9.21. The van der Waals surface area contributed by atoms with Crippen molar-refractivity contribution < 1.29 is 23.9 Å². The Morgan fingerprint density at radius 1 is 1.38 bits per heavy atom. The van der Waals surface area contributed by atoms with Gasteiger partial charge in [-0.05, 0) is 19.1 Å². The number of nitrogens with zero attached hydrogens (tertiary/aromatic N) is 1. The fraction of sp³-hybridized carbons (Fsp3) is 0.471. The molecule has 2 aliphatic heterocycles. The Hall–Kier alpha value is -1.74. The molecule has 3 unspecified atom stereocenters. The lowest BCUT2D eigenvalue weighted by Crippen LogP contribution is -2.78. The Morgan fingerprint density at radius 3 is 2.73 bits per heavy atom. The van der Waals surface area contributed by atoms with Crippen molar-refractivity contribution in [1.82, 2.24) is 10.2 Å². The molecule has 1 aromatic carbocycles. The number of para-hydroxylation sites is 1. The monoisotopic (exact) mass is 442 g/mol. The highest BCUT2D eigenvalue weighted by molar-refractivity contribution is 9.10. The van der Waals surface area contributed by atoms with Gasteiger partial charge in [0.05, 0.1) is 11.4 Å². The smallest absolute Gasteiger partial charge is 0.330 e. The molecule has 0 radical (unpaired) electrons. The number of methoxy groups -OCH3 is 1. The normalized spacial score (nSPS) is 30.0. The summed E-state index contributed by atoms with van der Waals surface area (Å²) in [7, 11) is 1.30. The predicted molar refractivity (Wildman–Crippen MR) is 100 cm³/mol. The van der Waals surface area contributed by atoms with E-state index in [-0.39, 0.29) is 23.8 Å². The number of rotatable bonds is 5. The topological polar surface area (TPSA) is 84.9 Å². The van der Waals surface area contributed by atoms with Gasteiger partial charge in [-0.15, -0.1) is 11.8 Å². The zero-order chi connectivity index (χ0) is 18.9. The summed E-state index contributed by atoms with van der Waals surface area (Å²) in [5.74, 6) is 0.0385. The summed E-state index contributed by atoms with van der Waals surface area (Å²) in [6, 6.07) is 7.58. The fourth-order valence-electron chi connectivity index (χ4n) is 3.04. The number of esters is 1. The third-order valence-corrected chi connectivity index (χ3v) is 7.01. The molecule has 9 heteroatoms. The summed E-state index contributed by atoms with van der Waals surface area (Å²) in [4.78, 5) is 38.3. The molecule has 2 saturated heterocycles. The van der Waals surface area contributed by atoms with E-state index in [1.54, 1.807) is 12.1 Å². The number of nitrogens with one attached hydrogen (secondary N) is 1. The van der Waals surface area contributed by atoms with Crippen molar-refractivity contribution in [3.05, 3.63) is 30.3 Å². The molecule has 1 N–H and O–H groups in total. The highest BCUT2D eigenvalue weighted by Gasteiger charge is 2.61. The van der Waals surface area contributed by atoms with E-state index in [1.807, 2.05) is 25.1 Å². The second-order valence-electron chi connectivity index (χ2n) is 6.30. The van der Waals surface area contributed by atoms with Crippen LogP contribution in [-0.2, 0) is 19.1 Å². The van der Waals surface area contributed by atoms with E-state index in [1.165, 1.54) is 23.8 Å². The van der Waals surface area contributed by atoms with Gasteiger partial charge in [0.2, 0.25) is 5.91 Å². The van der Waals surface area contributed by atoms with Crippen molar-refractivity contribution in [3.8, 4) is 5.75 Å². The van der Waals surface area contributed by atoms with Crippen LogP contribution < -0.4 is 10.1 Å². The van der Waals surface area contributed by atoms with Gasteiger partial charge in [0.15, 0.2) is 6.61 Å². The standard InChI is InChI=1S/C17H19BrN2O5S/c1-17(18)9-26-15-12(14(22)20(15)13(17)16(23)24-2)19-11(21)8-25-10-6-4-3-5-7-10/h3-7,12-13,15H,8-9H2,1-2H3,(H,19,21)/t12?,13?,15-,17?/m0/s1. The van der Waals surface area contributed by atoms with E-state index in [2.05, 4.69) is 21.2 Å². The van der Waals surface area contributed by atoms with Crippen molar-refractivity contribution in [2.24, 2.45) is 0 Å². The van der Waals surface area contributed by atoms with Gasteiger partial charge in [-0.2, -0.15) is 0 Å². The number of amides is 2. The number of ether oxygens (including phenoxy) is 2. The number of hydrogen-bond donors (Lipinski definition) is 1. The van der Waals surface area contributed by atoms with E-state index >= 15 is 0 Å².